The number of halogens is 4. The molecule has 0 aliphatic carbocycles. The molecule has 0 unspecified atom stereocenters. The molecular formula is C10H10Br3Cl. The van der Waals surface area contributed by atoms with E-state index in [-0.39, 0.29) is 0 Å². The quantitative estimate of drug-likeness (QED) is 0.429. The lowest BCUT2D eigenvalue weighted by molar-refractivity contribution is 0.856. The Morgan fingerprint density at radius 3 is 2.14 bits per heavy atom. The number of hydrogen-bond donors (Lipinski definition) is 0. The van der Waals surface area contributed by atoms with Gasteiger partial charge in [0.1, 0.15) is 0 Å². The molecule has 1 aromatic rings. The highest BCUT2D eigenvalue weighted by Gasteiger charge is 2.14. The van der Waals surface area contributed by atoms with Crippen molar-refractivity contribution in [3.05, 3.63) is 30.6 Å². The maximum Gasteiger partial charge on any atom is 0.0485 e. The van der Waals surface area contributed by atoms with Crippen LogP contribution in [0, 0.1) is 0 Å². The highest BCUT2D eigenvalue weighted by molar-refractivity contribution is 9.14. The van der Waals surface area contributed by atoms with Crippen molar-refractivity contribution in [2.24, 2.45) is 0 Å². The lowest BCUT2D eigenvalue weighted by Gasteiger charge is -2.14. The summed E-state index contributed by atoms with van der Waals surface area (Å²) < 4.78 is 3.18. The second-order valence-corrected chi connectivity index (χ2v) is 6.00. The average molecular weight is 405 g/mol. The summed E-state index contributed by atoms with van der Waals surface area (Å²) in [7, 11) is 0. The lowest BCUT2D eigenvalue weighted by Crippen LogP contribution is -1.94. The van der Waals surface area contributed by atoms with E-state index in [2.05, 4.69) is 67.7 Å². The fraction of sp³-hybridized carbons (Fsp3) is 0.400. The lowest BCUT2D eigenvalue weighted by atomic mass is 10.0. The molecule has 4 heteroatoms. The molecule has 0 saturated heterocycles. The standard InChI is InChI=1S/C10H10Br3Cl/c1-5(2)7-3-6(4-14)8(11)10(13)9(7)12/h3,5H,4H2,1-2H3. The van der Waals surface area contributed by atoms with Crippen LogP contribution in [-0.4, -0.2) is 0 Å². The summed E-state index contributed by atoms with van der Waals surface area (Å²) in [6.07, 6.45) is 0. The molecule has 0 saturated carbocycles. The van der Waals surface area contributed by atoms with Crippen LogP contribution in [0.3, 0.4) is 0 Å². The van der Waals surface area contributed by atoms with Gasteiger partial charge >= 0.3 is 0 Å². The number of alkyl halides is 1. The Labute approximate surface area is 115 Å². The van der Waals surface area contributed by atoms with Gasteiger partial charge in [0.05, 0.1) is 0 Å². The zero-order valence-electron chi connectivity index (χ0n) is 7.87. The van der Waals surface area contributed by atoms with Crippen LogP contribution in [0.15, 0.2) is 19.5 Å². The molecule has 0 heterocycles. The predicted molar refractivity (Wildman–Crippen MR) is 73.2 cm³/mol. The van der Waals surface area contributed by atoms with Crippen molar-refractivity contribution < 1.29 is 0 Å². The largest absolute Gasteiger partial charge is 0.122 e. The normalized spacial score (nSPS) is 11.1. The fourth-order valence-electron chi connectivity index (χ4n) is 1.20. The van der Waals surface area contributed by atoms with Gasteiger partial charge < -0.3 is 0 Å². The van der Waals surface area contributed by atoms with E-state index in [1.54, 1.807) is 0 Å². The Balaban J connectivity index is 3.40. The van der Waals surface area contributed by atoms with Crippen molar-refractivity contribution in [3.63, 3.8) is 0 Å². The van der Waals surface area contributed by atoms with Crippen LogP contribution in [0.5, 0.6) is 0 Å². The van der Waals surface area contributed by atoms with E-state index in [9.17, 15) is 0 Å². The molecule has 0 aliphatic heterocycles. The predicted octanol–water partition coefficient (Wildman–Crippen LogP) is 5.84. The van der Waals surface area contributed by atoms with E-state index in [4.69, 9.17) is 11.6 Å². The average Bonchev–Trinajstić information content (AvgIpc) is 2.14. The van der Waals surface area contributed by atoms with Gasteiger partial charge in [-0.15, -0.1) is 11.6 Å². The van der Waals surface area contributed by atoms with Crippen LogP contribution in [0.4, 0.5) is 0 Å². The van der Waals surface area contributed by atoms with E-state index in [0.29, 0.717) is 11.8 Å². The Morgan fingerprint density at radius 2 is 1.71 bits per heavy atom. The monoisotopic (exact) mass is 402 g/mol. The first kappa shape index (κ1) is 13.0. The number of hydrogen-bond acceptors (Lipinski definition) is 0. The third-order valence-corrected chi connectivity index (χ3v) is 5.92. The van der Waals surface area contributed by atoms with Gasteiger partial charge in [-0.1, -0.05) is 19.9 Å². The summed E-state index contributed by atoms with van der Waals surface area (Å²) >= 11 is 16.5. The summed E-state index contributed by atoms with van der Waals surface area (Å²) in [4.78, 5) is 0. The van der Waals surface area contributed by atoms with E-state index < -0.39 is 0 Å². The molecule has 0 radical (unpaired) electrons. The third kappa shape index (κ3) is 2.55. The highest BCUT2D eigenvalue weighted by atomic mass is 79.9. The van der Waals surface area contributed by atoms with Gasteiger partial charge in [0, 0.05) is 19.3 Å². The van der Waals surface area contributed by atoms with Gasteiger partial charge in [-0.25, -0.2) is 0 Å². The van der Waals surface area contributed by atoms with E-state index in [1.807, 2.05) is 0 Å². The molecule has 0 bridgehead atoms. The minimum Gasteiger partial charge on any atom is -0.122 e. The van der Waals surface area contributed by atoms with Crippen LogP contribution in [0.25, 0.3) is 0 Å². The van der Waals surface area contributed by atoms with Crippen LogP contribution in [0.2, 0.25) is 0 Å². The Hall–Kier alpha value is 0.950. The molecule has 1 rings (SSSR count). The van der Waals surface area contributed by atoms with Crippen LogP contribution in [-0.2, 0) is 5.88 Å². The minimum atomic E-state index is 0.482. The van der Waals surface area contributed by atoms with Gasteiger partial charge in [-0.05, 0) is 64.8 Å². The van der Waals surface area contributed by atoms with E-state index in [1.165, 1.54) is 5.56 Å². The molecule has 14 heavy (non-hydrogen) atoms. The summed E-state index contributed by atoms with van der Waals surface area (Å²) in [5.74, 6) is 1.00. The maximum atomic E-state index is 5.87. The summed E-state index contributed by atoms with van der Waals surface area (Å²) in [6, 6.07) is 2.14. The minimum absolute atomic E-state index is 0.482. The second kappa shape index (κ2) is 5.33. The molecule has 78 valence electrons. The zero-order chi connectivity index (χ0) is 10.9. The molecule has 0 atom stereocenters. The molecule has 0 N–H and O–H groups in total. The SMILES string of the molecule is CC(C)c1cc(CCl)c(Br)c(Br)c1Br. The molecule has 1 aromatic carbocycles. The summed E-state index contributed by atoms with van der Waals surface area (Å²) in [5.41, 5.74) is 2.39. The van der Waals surface area contributed by atoms with E-state index in [0.717, 1.165) is 19.0 Å². The van der Waals surface area contributed by atoms with Gasteiger partial charge in [0.15, 0.2) is 0 Å². The first-order valence-corrected chi connectivity index (χ1v) is 7.12. The Morgan fingerprint density at radius 1 is 1.14 bits per heavy atom. The Bertz CT molecular complexity index is 348. The molecule has 0 spiro atoms. The van der Waals surface area contributed by atoms with Crippen LogP contribution in [0.1, 0.15) is 30.9 Å². The first-order valence-electron chi connectivity index (χ1n) is 4.21. The van der Waals surface area contributed by atoms with Gasteiger partial charge in [-0.2, -0.15) is 0 Å². The molecule has 0 fully saturated rings. The van der Waals surface area contributed by atoms with Crippen molar-refractivity contribution in [2.45, 2.75) is 25.6 Å². The third-order valence-electron chi connectivity index (χ3n) is 2.02. The Kier molecular flexibility index (Phi) is 4.96. The molecule has 0 nitrogen and oxygen atoms in total. The van der Waals surface area contributed by atoms with Gasteiger partial charge in [-0.3, -0.25) is 0 Å². The number of rotatable bonds is 2. The van der Waals surface area contributed by atoms with Gasteiger partial charge in [0.25, 0.3) is 0 Å². The number of benzene rings is 1. The first-order chi connectivity index (χ1) is 6.49. The summed E-state index contributed by atoms with van der Waals surface area (Å²) in [5, 5.41) is 0. The molecule has 0 aliphatic rings. The van der Waals surface area contributed by atoms with Crippen molar-refractivity contribution in [1.82, 2.24) is 0 Å². The van der Waals surface area contributed by atoms with Crippen molar-refractivity contribution in [3.8, 4) is 0 Å². The maximum absolute atomic E-state index is 5.87. The second-order valence-electron chi connectivity index (χ2n) is 3.36. The van der Waals surface area contributed by atoms with Crippen molar-refractivity contribution in [2.75, 3.05) is 0 Å². The van der Waals surface area contributed by atoms with Crippen LogP contribution < -0.4 is 0 Å². The molecule has 0 aromatic heterocycles. The van der Waals surface area contributed by atoms with Crippen molar-refractivity contribution >= 4 is 59.4 Å². The zero-order valence-corrected chi connectivity index (χ0v) is 13.4. The highest BCUT2D eigenvalue weighted by Crippen LogP contribution is 2.39. The van der Waals surface area contributed by atoms with E-state index >= 15 is 0 Å². The molecule has 0 amide bonds. The van der Waals surface area contributed by atoms with Crippen molar-refractivity contribution in [1.29, 1.82) is 0 Å². The van der Waals surface area contributed by atoms with Gasteiger partial charge in [0.2, 0.25) is 0 Å². The van der Waals surface area contributed by atoms with Crippen LogP contribution >= 0.6 is 59.4 Å². The fourth-order valence-corrected chi connectivity index (χ4v) is 3.54. The molecular weight excluding hydrogens is 395 g/mol. The smallest absolute Gasteiger partial charge is 0.0485 e. The summed E-state index contributed by atoms with van der Waals surface area (Å²) in [6.45, 7) is 4.33. The topological polar surface area (TPSA) is 0 Å².